The molecule has 5 nitrogen and oxygen atoms in total. The van der Waals surface area contributed by atoms with Crippen LogP contribution in [-0.2, 0) is 5.41 Å². The van der Waals surface area contributed by atoms with Crippen LogP contribution in [0.3, 0.4) is 0 Å². The zero-order valence-electron chi connectivity index (χ0n) is 20.3. The Morgan fingerprint density at radius 2 is 1.23 bits per heavy atom. The fourth-order valence-electron chi connectivity index (χ4n) is 5.24. The van der Waals surface area contributed by atoms with Gasteiger partial charge in [0.15, 0.2) is 0 Å². The summed E-state index contributed by atoms with van der Waals surface area (Å²) in [6.45, 7) is 4.89. The van der Waals surface area contributed by atoms with Crippen molar-refractivity contribution in [1.29, 1.82) is 0 Å². The van der Waals surface area contributed by atoms with Crippen LogP contribution in [-0.4, -0.2) is 54.6 Å². The molecule has 1 aliphatic rings. The summed E-state index contributed by atoms with van der Waals surface area (Å²) in [5.41, 5.74) is 3.82. The van der Waals surface area contributed by atoms with Gasteiger partial charge in [-0.25, -0.2) is 4.98 Å². The number of anilines is 2. The molecule has 0 spiro atoms. The Bertz CT molecular complexity index is 1090. The monoisotopic (exact) mass is 463 g/mol. The maximum Gasteiger partial charge on any atom is 0.227 e. The van der Waals surface area contributed by atoms with Crippen molar-refractivity contribution in [3.05, 3.63) is 120 Å². The third-order valence-corrected chi connectivity index (χ3v) is 7.16. The van der Waals surface area contributed by atoms with Crippen LogP contribution in [0.15, 0.2) is 103 Å². The highest BCUT2D eigenvalue weighted by Gasteiger charge is 2.36. The number of benzene rings is 3. The largest absolute Gasteiger partial charge is 0.373 e. The standard InChI is InChI=1S/C30H33N5/c1-31-28-17-19-32-29(33-28)35-23-21-34(22-24-35)20-18-30(25-11-5-2-6-12-25,26-13-7-3-8-14-26)27-15-9-4-10-16-27/h2-17,19H,18,20-24H2,1H3,(H,31,32,33). The van der Waals surface area contributed by atoms with Crippen LogP contribution >= 0.6 is 0 Å². The van der Waals surface area contributed by atoms with E-state index in [1.807, 2.05) is 19.3 Å². The number of rotatable bonds is 8. The first kappa shape index (κ1) is 23.1. The van der Waals surface area contributed by atoms with E-state index in [9.17, 15) is 0 Å². The van der Waals surface area contributed by atoms with Crippen molar-refractivity contribution in [3.63, 3.8) is 0 Å². The highest BCUT2D eigenvalue weighted by molar-refractivity contribution is 5.50. The predicted molar refractivity (Wildman–Crippen MR) is 144 cm³/mol. The molecule has 5 rings (SSSR count). The molecule has 1 N–H and O–H groups in total. The minimum absolute atomic E-state index is 0.203. The number of piperazine rings is 1. The van der Waals surface area contributed by atoms with E-state index in [1.54, 1.807) is 0 Å². The van der Waals surface area contributed by atoms with Gasteiger partial charge in [-0.15, -0.1) is 0 Å². The van der Waals surface area contributed by atoms with Gasteiger partial charge in [-0.1, -0.05) is 91.0 Å². The van der Waals surface area contributed by atoms with Gasteiger partial charge in [0, 0.05) is 44.8 Å². The highest BCUT2D eigenvalue weighted by atomic mass is 15.3. The summed E-state index contributed by atoms with van der Waals surface area (Å²) in [5, 5.41) is 3.11. The summed E-state index contributed by atoms with van der Waals surface area (Å²) in [5.74, 6) is 1.67. The second-order valence-corrected chi connectivity index (χ2v) is 9.07. The van der Waals surface area contributed by atoms with Gasteiger partial charge in [-0.2, -0.15) is 4.98 Å². The Balaban J connectivity index is 1.39. The molecule has 1 aromatic heterocycles. The first-order valence-corrected chi connectivity index (χ1v) is 12.4. The van der Waals surface area contributed by atoms with E-state index in [4.69, 9.17) is 0 Å². The molecule has 0 radical (unpaired) electrons. The fraction of sp³-hybridized carbons (Fsp3) is 0.267. The van der Waals surface area contributed by atoms with Gasteiger partial charge < -0.3 is 10.2 Å². The van der Waals surface area contributed by atoms with Crippen LogP contribution in [0.2, 0.25) is 0 Å². The Labute approximate surface area is 208 Å². The van der Waals surface area contributed by atoms with Crippen LogP contribution < -0.4 is 10.2 Å². The number of hydrogen-bond donors (Lipinski definition) is 1. The summed E-state index contributed by atoms with van der Waals surface area (Å²) in [6, 6.07) is 34.9. The lowest BCUT2D eigenvalue weighted by Crippen LogP contribution is -2.48. The Hall–Kier alpha value is -3.70. The van der Waals surface area contributed by atoms with Gasteiger partial charge in [0.2, 0.25) is 5.95 Å². The van der Waals surface area contributed by atoms with Crippen LogP contribution in [0.4, 0.5) is 11.8 Å². The van der Waals surface area contributed by atoms with Crippen molar-refractivity contribution in [2.24, 2.45) is 0 Å². The van der Waals surface area contributed by atoms with Crippen LogP contribution in [0.25, 0.3) is 0 Å². The minimum Gasteiger partial charge on any atom is -0.373 e. The number of aromatic nitrogens is 2. The zero-order valence-corrected chi connectivity index (χ0v) is 20.3. The summed E-state index contributed by atoms with van der Waals surface area (Å²) in [6.07, 6.45) is 2.84. The molecule has 4 aromatic rings. The van der Waals surface area contributed by atoms with E-state index < -0.39 is 0 Å². The molecule has 0 atom stereocenters. The summed E-state index contributed by atoms with van der Waals surface area (Å²) >= 11 is 0. The molecular formula is C30H33N5. The molecule has 0 aliphatic carbocycles. The molecule has 0 amide bonds. The second kappa shape index (κ2) is 10.7. The lowest BCUT2D eigenvalue weighted by Gasteiger charge is -2.40. The van der Waals surface area contributed by atoms with Crippen molar-refractivity contribution < 1.29 is 0 Å². The van der Waals surface area contributed by atoms with E-state index in [0.717, 1.165) is 50.9 Å². The second-order valence-electron chi connectivity index (χ2n) is 9.07. The molecule has 2 heterocycles. The van der Waals surface area contributed by atoms with Crippen LogP contribution in [0.5, 0.6) is 0 Å². The maximum atomic E-state index is 4.63. The summed E-state index contributed by atoms with van der Waals surface area (Å²) < 4.78 is 0. The fourth-order valence-corrected chi connectivity index (χ4v) is 5.24. The molecule has 0 unspecified atom stereocenters. The Morgan fingerprint density at radius 1 is 0.714 bits per heavy atom. The van der Waals surface area contributed by atoms with Crippen molar-refractivity contribution >= 4 is 11.8 Å². The van der Waals surface area contributed by atoms with Gasteiger partial charge >= 0.3 is 0 Å². The normalized spacial score (nSPS) is 14.6. The lowest BCUT2D eigenvalue weighted by molar-refractivity contribution is 0.241. The lowest BCUT2D eigenvalue weighted by atomic mass is 9.67. The van der Waals surface area contributed by atoms with Crippen molar-refractivity contribution in [2.75, 3.05) is 50.0 Å². The Kier molecular flexibility index (Phi) is 7.05. The van der Waals surface area contributed by atoms with Gasteiger partial charge in [0.25, 0.3) is 0 Å². The van der Waals surface area contributed by atoms with Gasteiger partial charge in [-0.3, -0.25) is 4.90 Å². The smallest absolute Gasteiger partial charge is 0.227 e. The SMILES string of the molecule is CNc1ccnc(N2CCN(CCC(c3ccccc3)(c3ccccc3)c3ccccc3)CC2)n1. The minimum atomic E-state index is -0.203. The zero-order chi connectivity index (χ0) is 23.9. The predicted octanol–water partition coefficient (Wildman–Crippen LogP) is 5.07. The number of nitrogens with zero attached hydrogens (tertiary/aromatic N) is 4. The van der Waals surface area contributed by atoms with Gasteiger partial charge in [-0.05, 0) is 35.7 Å². The molecule has 1 fully saturated rings. The average Bonchev–Trinajstić information content (AvgIpc) is 2.95. The van der Waals surface area contributed by atoms with E-state index in [0.29, 0.717) is 0 Å². The molecular weight excluding hydrogens is 430 g/mol. The topological polar surface area (TPSA) is 44.3 Å². The third-order valence-electron chi connectivity index (χ3n) is 7.16. The Morgan fingerprint density at radius 3 is 1.71 bits per heavy atom. The first-order valence-electron chi connectivity index (χ1n) is 12.4. The van der Waals surface area contributed by atoms with Gasteiger partial charge in [0.05, 0.1) is 0 Å². The quantitative estimate of drug-likeness (QED) is 0.370. The number of nitrogens with one attached hydrogen (secondary N) is 1. The molecule has 3 aromatic carbocycles. The molecule has 0 bridgehead atoms. The molecule has 5 heteroatoms. The maximum absolute atomic E-state index is 4.63. The van der Waals surface area contributed by atoms with E-state index in [-0.39, 0.29) is 5.41 Å². The van der Waals surface area contributed by atoms with E-state index >= 15 is 0 Å². The summed E-state index contributed by atoms with van der Waals surface area (Å²) in [7, 11) is 1.89. The summed E-state index contributed by atoms with van der Waals surface area (Å²) in [4.78, 5) is 14.0. The first-order chi connectivity index (χ1) is 17.3. The third kappa shape index (κ3) is 4.91. The molecule has 178 valence electrons. The van der Waals surface area contributed by atoms with Crippen molar-refractivity contribution in [2.45, 2.75) is 11.8 Å². The van der Waals surface area contributed by atoms with Crippen molar-refractivity contribution in [1.82, 2.24) is 14.9 Å². The van der Waals surface area contributed by atoms with Crippen LogP contribution in [0, 0.1) is 0 Å². The van der Waals surface area contributed by atoms with Crippen LogP contribution in [0.1, 0.15) is 23.1 Å². The van der Waals surface area contributed by atoms with E-state index in [1.165, 1.54) is 16.7 Å². The molecule has 0 saturated carbocycles. The number of hydrogen-bond acceptors (Lipinski definition) is 5. The van der Waals surface area contributed by atoms with E-state index in [2.05, 4.69) is 116 Å². The molecule has 1 saturated heterocycles. The van der Waals surface area contributed by atoms with Gasteiger partial charge in [0.1, 0.15) is 5.82 Å². The molecule has 35 heavy (non-hydrogen) atoms. The average molecular weight is 464 g/mol. The highest BCUT2D eigenvalue weighted by Crippen LogP contribution is 2.42. The molecule has 1 aliphatic heterocycles. The van der Waals surface area contributed by atoms with Crippen molar-refractivity contribution in [3.8, 4) is 0 Å².